The Morgan fingerprint density at radius 3 is 2.44 bits per heavy atom. The highest BCUT2D eigenvalue weighted by atomic mass is 32.2. The lowest BCUT2D eigenvalue weighted by Crippen LogP contribution is -2.33. The molecule has 2 aromatic heterocycles. The second-order valence-corrected chi connectivity index (χ2v) is 9.24. The average Bonchev–Trinajstić information content (AvgIpc) is 3.55. The van der Waals surface area contributed by atoms with Crippen LogP contribution in [0.4, 0.5) is 0 Å². The van der Waals surface area contributed by atoms with Crippen LogP contribution in [0.5, 0.6) is 5.75 Å². The predicted molar refractivity (Wildman–Crippen MR) is 131 cm³/mol. The number of aromatic nitrogens is 5. The maximum atomic E-state index is 5.89. The lowest BCUT2D eigenvalue weighted by molar-refractivity contribution is 0.167. The number of likely N-dealkylation sites (tertiary alicyclic amines) is 1. The Morgan fingerprint density at radius 2 is 1.71 bits per heavy atom. The Bertz CT molecular complexity index is 1200. The Labute approximate surface area is 203 Å². The number of benzene rings is 2. The Hall–Kier alpha value is -3.17. The fourth-order valence-electron chi connectivity index (χ4n) is 4.22. The SMILES string of the molecule is COc1ccc(-n2c(SCc3nnc(-c4ccccc4)o3)nnc2[C@@H](C)N2CCCCC2)cc1. The Balaban J connectivity index is 1.41. The van der Waals surface area contributed by atoms with E-state index in [1.165, 1.54) is 19.3 Å². The van der Waals surface area contributed by atoms with Gasteiger partial charge in [0.15, 0.2) is 11.0 Å². The quantitative estimate of drug-likeness (QED) is 0.322. The molecule has 0 amide bonds. The van der Waals surface area contributed by atoms with Crippen LogP contribution in [0.15, 0.2) is 64.2 Å². The maximum Gasteiger partial charge on any atom is 0.247 e. The van der Waals surface area contributed by atoms with Crippen LogP contribution in [0.2, 0.25) is 0 Å². The monoisotopic (exact) mass is 476 g/mol. The number of rotatable bonds is 8. The molecule has 3 heterocycles. The highest BCUT2D eigenvalue weighted by Gasteiger charge is 2.26. The summed E-state index contributed by atoms with van der Waals surface area (Å²) in [5.74, 6) is 3.33. The van der Waals surface area contributed by atoms with Gasteiger partial charge in [-0.2, -0.15) is 0 Å². The fourth-order valence-corrected chi connectivity index (χ4v) is 5.02. The molecule has 1 fully saturated rings. The van der Waals surface area contributed by atoms with Crippen molar-refractivity contribution in [3.8, 4) is 22.9 Å². The van der Waals surface area contributed by atoms with Crippen LogP contribution in [-0.2, 0) is 5.75 Å². The number of hydrogen-bond donors (Lipinski definition) is 0. The third-order valence-corrected chi connectivity index (χ3v) is 7.03. The van der Waals surface area contributed by atoms with Gasteiger partial charge in [0, 0.05) is 11.3 Å². The standard InChI is InChI=1S/C25H28N6O2S/c1-18(30-15-7-4-8-16-30)23-27-29-25(31(23)20-11-13-21(32-2)14-12-20)34-17-22-26-28-24(33-22)19-9-5-3-6-10-19/h3,5-6,9-14,18H,4,7-8,15-17H2,1-2H3/t18-/m1/s1. The van der Waals surface area contributed by atoms with Crippen LogP contribution < -0.4 is 4.74 Å². The third kappa shape index (κ3) is 4.85. The molecule has 0 unspecified atom stereocenters. The minimum Gasteiger partial charge on any atom is -0.497 e. The van der Waals surface area contributed by atoms with Crippen LogP contribution in [0.25, 0.3) is 17.1 Å². The number of thioether (sulfide) groups is 1. The molecule has 1 aliphatic rings. The lowest BCUT2D eigenvalue weighted by Gasteiger charge is -2.31. The van der Waals surface area contributed by atoms with Crippen molar-refractivity contribution < 1.29 is 9.15 Å². The summed E-state index contributed by atoms with van der Waals surface area (Å²) in [7, 11) is 1.67. The molecule has 0 bridgehead atoms. The molecule has 34 heavy (non-hydrogen) atoms. The molecule has 0 aliphatic carbocycles. The molecule has 9 heteroatoms. The van der Waals surface area contributed by atoms with Gasteiger partial charge in [0.05, 0.1) is 18.9 Å². The van der Waals surface area contributed by atoms with Crippen LogP contribution in [0.1, 0.15) is 43.9 Å². The van der Waals surface area contributed by atoms with E-state index in [0.29, 0.717) is 17.5 Å². The first-order chi connectivity index (χ1) is 16.7. The molecule has 2 aromatic carbocycles. The van der Waals surface area contributed by atoms with Crippen molar-refractivity contribution in [3.05, 3.63) is 66.3 Å². The molecule has 5 rings (SSSR count). The van der Waals surface area contributed by atoms with Gasteiger partial charge in [-0.1, -0.05) is 36.4 Å². The van der Waals surface area contributed by atoms with Gasteiger partial charge in [0.1, 0.15) is 5.75 Å². The van der Waals surface area contributed by atoms with Crippen LogP contribution >= 0.6 is 11.8 Å². The maximum absolute atomic E-state index is 5.89. The van der Waals surface area contributed by atoms with E-state index < -0.39 is 0 Å². The van der Waals surface area contributed by atoms with E-state index in [1.807, 2.05) is 54.6 Å². The lowest BCUT2D eigenvalue weighted by atomic mass is 10.1. The first kappa shape index (κ1) is 22.6. The minimum atomic E-state index is 0.164. The largest absolute Gasteiger partial charge is 0.497 e. The molecule has 0 spiro atoms. The summed E-state index contributed by atoms with van der Waals surface area (Å²) in [6, 6.07) is 18.0. The zero-order chi connectivity index (χ0) is 23.3. The predicted octanol–water partition coefficient (Wildman–Crippen LogP) is 5.17. The highest BCUT2D eigenvalue weighted by Crippen LogP contribution is 2.31. The molecule has 4 aromatic rings. The first-order valence-electron chi connectivity index (χ1n) is 11.6. The average molecular weight is 477 g/mol. The molecule has 8 nitrogen and oxygen atoms in total. The van der Waals surface area contributed by atoms with E-state index in [-0.39, 0.29) is 6.04 Å². The minimum absolute atomic E-state index is 0.164. The van der Waals surface area contributed by atoms with Crippen molar-refractivity contribution in [3.63, 3.8) is 0 Å². The van der Waals surface area contributed by atoms with E-state index in [4.69, 9.17) is 9.15 Å². The van der Waals surface area contributed by atoms with Crippen molar-refractivity contribution in [1.82, 2.24) is 29.9 Å². The summed E-state index contributed by atoms with van der Waals surface area (Å²) in [4.78, 5) is 2.49. The number of nitrogens with zero attached hydrogens (tertiary/aromatic N) is 6. The van der Waals surface area contributed by atoms with E-state index in [2.05, 4.69) is 36.8 Å². The van der Waals surface area contributed by atoms with Gasteiger partial charge >= 0.3 is 0 Å². The molecule has 1 saturated heterocycles. The van der Waals surface area contributed by atoms with Gasteiger partial charge in [0.25, 0.3) is 0 Å². The molecule has 1 aliphatic heterocycles. The van der Waals surface area contributed by atoms with E-state index in [0.717, 1.165) is 41.1 Å². The summed E-state index contributed by atoms with van der Waals surface area (Å²) < 4.78 is 13.4. The van der Waals surface area contributed by atoms with Crippen LogP contribution in [0, 0.1) is 0 Å². The molecule has 0 N–H and O–H groups in total. The zero-order valence-corrected chi connectivity index (χ0v) is 20.2. The molecular weight excluding hydrogens is 448 g/mol. The van der Waals surface area contributed by atoms with Gasteiger partial charge in [0.2, 0.25) is 11.8 Å². The summed E-state index contributed by atoms with van der Waals surface area (Å²) >= 11 is 1.54. The normalized spacial score (nSPS) is 15.4. The fraction of sp³-hybridized carbons (Fsp3) is 0.360. The van der Waals surface area contributed by atoms with Crippen LogP contribution in [-0.4, -0.2) is 50.1 Å². The second-order valence-electron chi connectivity index (χ2n) is 8.30. The smallest absolute Gasteiger partial charge is 0.247 e. The van der Waals surface area contributed by atoms with E-state index >= 15 is 0 Å². The van der Waals surface area contributed by atoms with Gasteiger partial charge in [-0.3, -0.25) is 9.47 Å². The van der Waals surface area contributed by atoms with Gasteiger partial charge in [-0.25, -0.2) is 0 Å². The summed E-state index contributed by atoms with van der Waals surface area (Å²) in [6.45, 7) is 4.39. The highest BCUT2D eigenvalue weighted by molar-refractivity contribution is 7.98. The van der Waals surface area contributed by atoms with Crippen molar-refractivity contribution >= 4 is 11.8 Å². The number of piperidine rings is 1. The van der Waals surface area contributed by atoms with Gasteiger partial charge in [-0.15, -0.1) is 20.4 Å². The summed E-state index contributed by atoms with van der Waals surface area (Å²) in [6.07, 6.45) is 3.75. The number of hydrogen-bond acceptors (Lipinski definition) is 8. The van der Waals surface area contributed by atoms with Crippen molar-refractivity contribution in [2.45, 2.75) is 43.1 Å². The summed E-state index contributed by atoms with van der Waals surface area (Å²) in [5, 5.41) is 18.4. The van der Waals surface area contributed by atoms with Crippen LogP contribution in [0.3, 0.4) is 0 Å². The number of methoxy groups -OCH3 is 1. The van der Waals surface area contributed by atoms with Gasteiger partial charge in [-0.05, 0) is 69.3 Å². The van der Waals surface area contributed by atoms with Crippen molar-refractivity contribution in [2.75, 3.05) is 20.2 Å². The van der Waals surface area contributed by atoms with Crippen molar-refractivity contribution in [1.29, 1.82) is 0 Å². The van der Waals surface area contributed by atoms with E-state index in [9.17, 15) is 0 Å². The number of ether oxygens (including phenoxy) is 1. The second kappa shape index (κ2) is 10.4. The van der Waals surface area contributed by atoms with Crippen molar-refractivity contribution in [2.24, 2.45) is 0 Å². The molecule has 0 radical (unpaired) electrons. The Kier molecular flexibility index (Phi) is 6.92. The molecule has 1 atom stereocenters. The first-order valence-corrected chi connectivity index (χ1v) is 12.6. The topological polar surface area (TPSA) is 82.1 Å². The summed E-state index contributed by atoms with van der Waals surface area (Å²) in [5.41, 5.74) is 1.91. The molecule has 0 saturated carbocycles. The van der Waals surface area contributed by atoms with E-state index in [1.54, 1.807) is 18.9 Å². The zero-order valence-electron chi connectivity index (χ0n) is 19.4. The Morgan fingerprint density at radius 1 is 0.941 bits per heavy atom. The third-order valence-electron chi connectivity index (χ3n) is 6.11. The molecule has 176 valence electrons. The van der Waals surface area contributed by atoms with Gasteiger partial charge < -0.3 is 9.15 Å². The molecular formula is C25H28N6O2S.